The molecule has 1 amide bonds. The molecule has 1 aromatic rings. The number of carbonyl (C=O) groups is 1. The van der Waals surface area contributed by atoms with Crippen molar-refractivity contribution in [2.45, 2.75) is 0 Å². The lowest BCUT2D eigenvalue weighted by Gasteiger charge is -2.16. The van der Waals surface area contributed by atoms with Crippen LogP contribution in [0.1, 0.15) is 5.56 Å². The molecule has 1 aliphatic rings. The van der Waals surface area contributed by atoms with Crippen LogP contribution in [0.3, 0.4) is 0 Å². The lowest BCUT2D eigenvalue weighted by atomic mass is 10.2. The molecule has 100 valence electrons. The average molecular weight is 289 g/mol. The number of hydrogen-bond donors (Lipinski definition) is 0. The van der Waals surface area contributed by atoms with Crippen LogP contribution in [0, 0.1) is 10.1 Å². The maximum Gasteiger partial charge on any atom is 0.300 e. The Hall–Kier alpha value is -2.81. The van der Waals surface area contributed by atoms with Crippen molar-refractivity contribution in [1.29, 1.82) is 0 Å². The third-order valence-corrected chi connectivity index (χ3v) is 2.53. The average Bonchev–Trinajstić information content (AvgIpc) is 2.43. The number of nitro groups is 1. The van der Waals surface area contributed by atoms with E-state index in [2.05, 4.69) is 21.9 Å². The monoisotopic (exact) mass is 289 g/mol. The first-order chi connectivity index (χ1) is 9.49. The Kier molecular flexibility index (Phi) is 3.71. The van der Waals surface area contributed by atoms with Crippen LogP contribution in [-0.2, 0) is 4.79 Å². The highest BCUT2D eigenvalue weighted by Crippen LogP contribution is 2.14. The van der Waals surface area contributed by atoms with E-state index in [0.717, 1.165) is 5.01 Å². The minimum absolute atomic E-state index is 0.0782. The fourth-order valence-corrected chi connectivity index (χ4v) is 1.51. The van der Waals surface area contributed by atoms with Crippen LogP contribution in [0.15, 0.2) is 51.9 Å². The normalized spacial score (nSPS) is 15.2. The van der Waals surface area contributed by atoms with Crippen LogP contribution < -0.4 is 0 Å². The van der Waals surface area contributed by atoms with Gasteiger partial charge in [0.05, 0.1) is 11.1 Å². The molecule has 1 aromatic carbocycles. The molecule has 0 radical (unpaired) electrons. The van der Waals surface area contributed by atoms with Gasteiger partial charge in [-0.1, -0.05) is 18.7 Å². The number of azo groups is 1. The topological polar surface area (TPSA) is 101 Å². The number of rotatable bonds is 3. The van der Waals surface area contributed by atoms with Crippen molar-refractivity contribution in [3.63, 3.8) is 0 Å². The minimum atomic E-state index is -0.591. The molecule has 2 rings (SSSR count). The zero-order valence-electron chi connectivity index (χ0n) is 9.96. The molecule has 1 aliphatic heterocycles. The van der Waals surface area contributed by atoms with Crippen LogP contribution in [-0.4, -0.2) is 27.2 Å². The summed E-state index contributed by atoms with van der Waals surface area (Å²) in [6.07, 6.45) is 1.27. The molecular weight excluding hydrogens is 282 g/mol. The minimum Gasteiger partial charge on any atom is -0.265 e. The van der Waals surface area contributed by atoms with Crippen molar-refractivity contribution >= 4 is 35.1 Å². The molecule has 0 saturated heterocycles. The summed E-state index contributed by atoms with van der Waals surface area (Å²) in [6.45, 7) is 3.40. The molecule has 0 aromatic heterocycles. The number of non-ortho nitro benzene ring substituents is 1. The number of carbonyl (C=O) groups excluding carboxylic acids is 1. The molecule has 0 atom stereocenters. The van der Waals surface area contributed by atoms with Gasteiger partial charge in [0, 0.05) is 17.7 Å². The molecule has 0 bridgehead atoms. The number of nitrogens with zero attached hydrogens (tertiary/aromatic N) is 5. The Balaban J connectivity index is 2.25. The molecule has 0 aliphatic carbocycles. The number of thiocarbonyl (C=S) groups is 1. The zero-order chi connectivity index (χ0) is 14.7. The Bertz CT molecular complexity index is 682. The van der Waals surface area contributed by atoms with Gasteiger partial charge in [0.25, 0.3) is 5.69 Å². The van der Waals surface area contributed by atoms with E-state index in [0.29, 0.717) is 5.56 Å². The summed E-state index contributed by atoms with van der Waals surface area (Å²) in [5, 5.41) is 22.2. The van der Waals surface area contributed by atoms with E-state index < -0.39 is 10.8 Å². The second-order valence-corrected chi connectivity index (χ2v) is 4.01. The highest BCUT2D eigenvalue weighted by molar-refractivity contribution is 7.80. The Labute approximate surface area is 118 Å². The molecule has 9 heteroatoms. The summed E-state index contributed by atoms with van der Waals surface area (Å²) >= 11 is 4.82. The quantitative estimate of drug-likeness (QED) is 0.279. The SMILES string of the molecule is C=C1N=NC(=S)N(/N=C/c2cccc([N+](=O)[O-])c2)C1=O. The van der Waals surface area contributed by atoms with Crippen LogP contribution in [0.2, 0.25) is 0 Å². The van der Waals surface area contributed by atoms with E-state index in [1.807, 2.05) is 0 Å². The smallest absolute Gasteiger partial charge is 0.265 e. The second kappa shape index (κ2) is 5.45. The van der Waals surface area contributed by atoms with Gasteiger partial charge in [-0.3, -0.25) is 14.9 Å². The van der Waals surface area contributed by atoms with Crippen LogP contribution >= 0.6 is 12.2 Å². The lowest BCUT2D eigenvalue weighted by Crippen LogP contribution is -2.33. The molecule has 0 spiro atoms. The Morgan fingerprint density at radius 1 is 1.45 bits per heavy atom. The first-order valence-electron chi connectivity index (χ1n) is 5.26. The molecule has 1 heterocycles. The van der Waals surface area contributed by atoms with Crippen LogP contribution in [0.25, 0.3) is 0 Å². The first kappa shape index (κ1) is 13.6. The zero-order valence-corrected chi connectivity index (χ0v) is 10.8. The summed E-state index contributed by atoms with van der Waals surface area (Å²) in [4.78, 5) is 21.8. The predicted molar refractivity (Wildman–Crippen MR) is 74.1 cm³/mol. The van der Waals surface area contributed by atoms with Gasteiger partial charge >= 0.3 is 5.91 Å². The fourth-order valence-electron chi connectivity index (χ4n) is 1.34. The molecule has 0 N–H and O–H groups in total. The van der Waals surface area contributed by atoms with Gasteiger partial charge in [-0.05, 0) is 12.2 Å². The van der Waals surface area contributed by atoms with E-state index in [1.165, 1.54) is 24.4 Å². The molecule has 0 fully saturated rings. The maximum absolute atomic E-state index is 11.7. The highest BCUT2D eigenvalue weighted by atomic mass is 32.1. The summed E-state index contributed by atoms with van der Waals surface area (Å²) in [5.41, 5.74) is 0.281. The first-order valence-corrected chi connectivity index (χ1v) is 5.67. The van der Waals surface area contributed by atoms with E-state index in [4.69, 9.17) is 12.2 Å². The molecular formula is C11H7N5O3S. The van der Waals surface area contributed by atoms with Gasteiger partial charge in [0.2, 0.25) is 5.11 Å². The van der Waals surface area contributed by atoms with E-state index in [9.17, 15) is 14.9 Å². The summed E-state index contributed by atoms with van der Waals surface area (Å²) in [5.74, 6) is -0.591. The Morgan fingerprint density at radius 2 is 2.20 bits per heavy atom. The van der Waals surface area contributed by atoms with Gasteiger partial charge in [-0.2, -0.15) is 10.1 Å². The van der Waals surface area contributed by atoms with Crippen molar-refractivity contribution < 1.29 is 9.72 Å². The molecule has 0 unspecified atom stereocenters. The lowest BCUT2D eigenvalue weighted by molar-refractivity contribution is -0.384. The van der Waals surface area contributed by atoms with Crippen molar-refractivity contribution in [3.05, 3.63) is 52.2 Å². The van der Waals surface area contributed by atoms with E-state index in [-0.39, 0.29) is 16.5 Å². The van der Waals surface area contributed by atoms with Gasteiger partial charge < -0.3 is 0 Å². The molecule has 20 heavy (non-hydrogen) atoms. The third kappa shape index (κ3) is 2.78. The maximum atomic E-state index is 11.7. The summed E-state index contributed by atoms with van der Waals surface area (Å²) in [6, 6.07) is 5.78. The standard InChI is InChI=1S/C11H7N5O3S/c1-7-10(17)15(11(20)14-13-7)12-6-8-3-2-4-9(5-8)16(18)19/h2-6H,1H2/b12-6+. The fraction of sp³-hybridized carbons (Fsp3) is 0. The number of amides is 1. The van der Waals surface area contributed by atoms with E-state index >= 15 is 0 Å². The third-order valence-electron chi connectivity index (χ3n) is 2.28. The summed E-state index contributed by atoms with van der Waals surface area (Å²) in [7, 11) is 0. The van der Waals surface area contributed by atoms with Crippen LogP contribution in [0.4, 0.5) is 5.69 Å². The van der Waals surface area contributed by atoms with Crippen molar-refractivity contribution in [3.8, 4) is 0 Å². The number of benzene rings is 1. The van der Waals surface area contributed by atoms with Crippen molar-refractivity contribution in [2.75, 3.05) is 0 Å². The Morgan fingerprint density at radius 3 is 2.90 bits per heavy atom. The molecule has 0 saturated carbocycles. The van der Waals surface area contributed by atoms with Gasteiger partial charge in [0.15, 0.2) is 0 Å². The highest BCUT2D eigenvalue weighted by Gasteiger charge is 2.24. The largest absolute Gasteiger partial charge is 0.300 e. The second-order valence-electron chi connectivity index (χ2n) is 3.64. The number of hydrazone groups is 1. The van der Waals surface area contributed by atoms with Gasteiger partial charge in [-0.25, -0.2) is 0 Å². The number of nitro benzene ring substituents is 1. The predicted octanol–water partition coefficient (Wildman–Crippen LogP) is 2.02. The van der Waals surface area contributed by atoms with E-state index in [1.54, 1.807) is 6.07 Å². The number of hydrogen-bond acceptors (Lipinski definition) is 6. The molecule has 8 nitrogen and oxygen atoms in total. The summed E-state index contributed by atoms with van der Waals surface area (Å²) < 4.78 is 0. The van der Waals surface area contributed by atoms with Crippen molar-refractivity contribution in [2.24, 2.45) is 15.3 Å². The van der Waals surface area contributed by atoms with Gasteiger partial charge in [0.1, 0.15) is 5.70 Å². The van der Waals surface area contributed by atoms with Crippen molar-refractivity contribution in [1.82, 2.24) is 5.01 Å². The van der Waals surface area contributed by atoms with Gasteiger partial charge in [-0.15, -0.1) is 10.2 Å². The van der Waals surface area contributed by atoms with Crippen LogP contribution in [0.5, 0.6) is 0 Å².